The molecule has 0 saturated carbocycles. The van der Waals surface area contributed by atoms with Gasteiger partial charge in [-0.25, -0.2) is 9.36 Å². The van der Waals surface area contributed by atoms with Crippen molar-refractivity contribution in [1.29, 1.82) is 0 Å². The quantitative estimate of drug-likeness (QED) is 0.276. The van der Waals surface area contributed by atoms with Crippen molar-refractivity contribution in [3.8, 4) is 0 Å². The van der Waals surface area contributed by atoms with Crippen molar-refractivity contribution in [1.82, 2.24) is 0 Å². The summed E-state index contributed by atoms with van der Waals surface area (Å²) in [6, 6.07) is 0. The van der Waals surface area contributed by atoms with E-state index in [-0.39, 0.29) is 6.61 Å². The SMILES string of the molecule is CCCCCCCCCCCCOCCCOP(=O)(O)C(=O)O. The standard InChI is InChI=1S/C16H33O6P/c1-2-3-4-5-6-7-8-9-10-11-13-21-14-12-15-22-23(19,20)16(17)18/h2-15H2,1H3,(H,17,18)(H,19,20). The van der Waals surface area contributed by atoms with Crippen LogP contribution >= 0.6 is 7.60 Å². The molecular weight excluding hydrogens is 319 g/mol. The highest BCUT2D eigenvalue weighted by Crippen LogP contribution is 2.42. The minimum atomic E-state index is -4.49. The molecular formula is C16H33O6P. The number of hydrogen-bond donors (Lipinski definition) is 2. The van der Waals surface area contributed by atoms with Gasteiger partial charge in [-0.05, 0) is 12.8 Å². The Bertz CT molecular complexity index is 335. The van der Waals surface area contributed by atoms with E-state index in [4.69, 9.17) is 14.7 Å². The third-order valence-corrected chi connectivity index (χ3v) is 4.60. The van der Waals surface area contributed by atoms with Gasteiger partial charge in [0.15, 0.2) is 0 Å². The highest BCUT2D eigenvalue weighted by atomic mass is 31.2. The van der Waals surface area contributed by atoms with E-state index in [9.17, 15) is 9.36 Å². The van der Waals surface area contributed by atoms with Crippen LogP contribution in [0.2, 0.25) is 0 Å². The Labute approximate surface area is 140 Å². The summed E-state index contributed by atoms with van der Waals surface area (Å²) in [5.74, 6) is 0. The molecule has 0 rings (SSSR count). The van der Waals surface area contributed by atoms with Crippen LogP contribution in [-0.2, 0) is 13.8 Å². The van der Waals surface area contributed by atoms with Crippen molar-refractivity contribution in [2.75, 3.05) is 19.8 Å². The Morgan fingerprint density at radius 3 is 1.83 bits per heavy atom. The van der Waals surface area contributed by atoms with Crippen LogP contribution in [0.5, 0.6) is 0 Å². The predicted molar refractivity (Wildman–Crippen MR) is 91.1 cm³/mol. The fraction of sp³-hybridized carbons (Fsp3) is 0.938. The number of ether oxygens (including phenoxy) is 1. The summed E-state index contributed by atoms with van der Waals surface area (Å²) in [5, 5.41) is 8.39. The molecule has 0 aromatic heterocycles. The third kappa shape index (κ3) is 14.9. The number of hydrogen-bond acceptors (Lipinski definition) is 4. The molecule has 0 heterocycles. The normalized spacial score (nSPS) is 13.8. The Balaban J connectivity index is 3.17. The summed E-state index contributed by atoms with van der Waals surface area (Å²) < 4.78 is 20.8. The first-order valence-electron chi connectivity index (χ1n) is 8.79. The predicted octanol–water partition coefficient (Wildman–Crippen LogP) is 5.19. The summed E-state index contributed by atoms with van der Waals surface area (Å²) >= 11 is 0. The maximum Gasteiger partial charge on any atom is 0.435 e. The first-order chi connectivity index (χ1) is 11.0. The first kappa shape index (κ1) is 22.6. The van der Waals surface area contributed by atoms with E-state index in [0.29, 0.717) is 19.6 Å². The van der Waals surface area contributed by atoms with E-state index >= 15 is 0 Å². The molecule has 138 valence electrons. The van der Waals surface area contributed by atoms with Crippen molar-refractivity contribution in [2.24, 2.45) is 0 Å². The number of carboxylic acid groups (broad SMARTS) is 1. The molecule has 6 nitrogen and oxygen atoms in total. The van der Waals surface area contributed by atoms with E-state index in [0.717, 1.165) is 12.8 Å². The van der Waals surface area contributed by atoms with Gasteiger partial charge in [-0.15, -0.1) is 0 Å². The molecule has 0 aromatic carbocycles. The average Bonchev–Trinajstić information content (AvgIpc) is 2.51. The molecule has 0 bridgehead atoms. The van der Waals surface area contributed by atoms with Gasteiger partial charge in [-0.3, -0.25) is 0 Å². The molecule has 7 heteroatoms. The van der Waals surface area contributed by atoms with Crippen LogP contribution < -0.4 is 0 Å². The largest absolute Gasteiger partial charge is 0.472 e. The zero-order valence-electron chi connectivity index (χ0n) is 14.4. The van der Waals surface area contributed by atoms with Crippen LogP contribution in [0.15, 0.2) is 0 Å². The summed E-state index contributed by atoms with van der Waals surface area (Å²) in [5.41, 5.74) is -1.82. The highest BCUT2D eigenvalue weighted by Gasteiger charge is 2.29. The molecule has 0 aliphatic heterocycles. The molecule has 0 amide bonds. The molecule has 1 atom stereocenters. The second-order valence-electron chi connectivity index (χ2n) is 5.78. The summed E-state index contributed by atoms with van der Waals surface area (Å²) in [6.45, 7) is 3.23. The Morgan fingerprint density at radius 1 is 0.826 bits per heavy atom. The minimum Gasteiger partial charge on any atom is -0.472 e. The first-order valence-corrected chi connectivity index (χ1v) is 10.4. The average molecular weight is 352 g/mol. The molecule has 1 unspecified atom stereocenters. The van der Waals surface area contributed by atoms with Gasteiger partial charge in [-0.1, -0.05) is 64.7 Å². The monoisotopic (exact) mass is 352 g/mol. The fourth-order valence-electron chi connectivity index (χ4n) is 2.20. The number of rotatable bonds is 17. The highest BCUT2D eigenvalue weighted by molar-refractivity contribution is 7.70. The van der Waals surface area contributed by atoms with Crippen molar-refractivity contribution in [3.63, 3.8) is 0 Å². The van der Waals surface area contributed by atoms with Gasteiger partial charge in [0.1, 0.15) is 0 Å². The third-order valence-electron chi connectivity index (χ3n) is 3.58. The minimum absolute atomic E-state index is 0.0852. The van der Waals surface area contributed by atoms with E-state index in [2.05, 4.69) is 11.4 Å². The van der Waals surface area contributed by atoms with Crippen LogP contribution in [0.25, 0.3) is 0 Å². The maximum absolute atomic E-state index is 10.9. The molecule has 0 radical (unpaired) electrons. The molecule has 23 heavy (non-hydrogen) atoms. The van der Waals surface area contributed by atoms with E-state index < -0.39 is 13.3 Å². The van der Waals surface area contributed by atoms with E-state index in [1.54, 1.807) is 0 Å². The zero-order chi connectivity index (χ0) is 17.4. The zero-order valence-corrected chi connectivity index (χ0v) is 15.3. The van der Waals surface area contributed by atoms with Gasteiger partial charge >= 0.3 is 13.3 Å². The Kier molecular flexibility index (Phi) is 14.9. The van der Waals surface area contributed by atoms with Crippen LogP contribution in [0.1, 0.15) is 77.6 Å². The lowest BCUT2D eigenvalue weighted by atomic mass is 10.1. The molecule has 0 fully saturated rings. The van der Waals surface area contributed by atoms with E-state index in [1.165, 1.54) is 51.4 Å². The smallest absolute Gasteiger partial charge is 0.435 e. The second-order valence-corrected chi connectivity index (χ2v) is 7.47. The molecule has 0 spiro atoms. The van der Waals surface area contributed by atoms with Crippen molar-refractivity contribution in [2.45, 2.75) is 77.6 Å². The number of carbonyl (C=O) groups is 1. The van der Waals surface area contributed by atoms with Crippen molar-refractivity contribution < 1.29 is 28.6 Å². The van der Waals surface area contributed by atoms with Gasteiger partial charge in [-0.2, -0.15) is 0 Å². The molecule has 0 aromatic rings. The van der Waals surface area contributed by atoms with Crippen LogP contribution in [-0.4, -0.2) is 35.5 Å². The number of unbranched alkanes of at least 4 members (excludes halogenated alkanes) is 9. The van der Waals surface area contributed by atoms with Gasteiger partial charge in [0.2, 0.25) is 0 Å². The lowest BCUT2D eigenvalue weighted by Crippen LogP contribution is -2.04. The summed E-state index contributed by atoms with van der Waals surface area (Å²) in [4.78, 5) is 19.2. The molecule has 2 N–H and O–H groups in total. The lowest BCUT2D eigenvalue weighted by molar-refractivity contribution is 0.113. The topological polar surface area (TPSA) is 93.1 Å². The fourth-order valence-corrected chi connectivity index (χ4v) is 2.69. The Hall–Kier alpha value is -0.420. The van der Waals surface area contributed by atoms with Gasteiger partial charge in [0.25, 0.3) is 0 Å². The lowest BCUT2D eigenvalue weighted by Gasteiger charge is -2.07. The van der Waals surface area contributed by atoms with E-state index in [1.807, 2.05) is 0 Å². The van der Waals surface area contributed by atoms with Gasteiger partial charge in [0.05, 0.1) is 6.61 Å². The van der Waals surface area contributed by atoms with Crippen LogP contribution in [0, 0.1) is 0 Å². The molecule has 0 aliphatic carbocycles. The van der Waals surface area contributed by atoms with Gasteiger partial charge < -0.3 is 19.3 Å². The maximum atomic E-state index is 10.9. The van der Waals surface area contributed by atoms with Crippen LogP contribution in [0.4, 0.5) is 4.79 Å². The van der Waals surface area contributed by atoms with Gasteiger partial charge in [0, 0.05) is 13.2 Å². The summed E-state index contributed by atoms with van der Waals surface area (Å²) in [7, 11) is -4.49. The second kappa shape index (κ2) is 15.1. The van der Waals surface area contributed by atoms with Crippen molar-refractivity contribution in [3.05, 3.63) is 0 Å². The molecule has 0 saturated heterocycles. The van der Waals surface area contributed by atoms with Crippen molar-refractivity contribution >= 4 is 13.3 Å². The summed E-state index contributed by atoms with van der Waals surface area (Å²) in [6.07, 6.45) is 13.2. The Morgan fingerprint density at radius 2 is 1.30 bits per heavy atom. The molecule has 0 aliphatic rings. The van der Waals surface area contributed by atoms with Crippen LogP contribution in [0.3, 0.4) is 0 Å².